The summed E-state index contributed by atoms with van der Waals surface area (Å²) >= 11 is 0. The maximum absolute atomic E-state index is 13.4. The minimum Gasteiger partial charge on any atom is -0.443 e. The molecule has 0 spiro atoms. The van der Waals surface area contributed by atoms with E-state index in [9.17, 15) is 18.7 Å². The second kappa shape index (κ2) is 7.75. The molecule has 2 heterocycles. The van der Waals surface area contributed by atoms with Gasteiger partial charge in [0, 0.05) is 25.1 Å². The summed E-state index contributed by atoms with van der Waals surface area (Å²) in [6, 6.07) is 10.8. The fourth-order valence-corrected chi connectivity index (χ4v) is 3.74. The van der Waals surface area contributed by atoms with Gasteiger partial charge in [0.2, 0.25) is 0 Å². The molecule has 1 fully saturated rings. The van der Waals surface area contributed by atoms with Crippen LogP contribution in [0.3, 0.4) is 0 Å². The Morgan fingerprint density at radius 2 is 1.90 bits per heavy atom. The van der Waals surface area contributed by atoms with Crippen LogP contribution < -0.4 is 0 Å². The fourth-order valence-electron chi connectivity index (χ4n) is 3.74. The fraction of sp³-hybridized carbons (Fsp3) is 0.273. The SMILES string of the molecule is O=C(c1ccccc1-c1cnco1)N1CCC(O)(Cc2ccc(F)c(F)c2)CC1. The van der Waals surface area contributed by atoms with E-state index in [2.05, 4.69) is 4.98 Å². The van der Waals surface area contributed by atoms with E-state index in [-0.39, 0.29) is 12.3 Å². The van der Waals surface area contributed by atoms with Gasteiger partial charge in [-0.2, -0.15) is 0 Å². The van der Waals surface area contributed by atoms with Crippen molar-refractivity contribution in [2.24, 2.45) is 0 Å². The third-order valence-corrected chi connectivity index (χ3v) is 5.35. The Kier molecular flexibility index (Phi) is 5.15. The molecule has 1 aliphatic heterocycles. The molecule has 1 saturated heterocycles. The van der Waals surface area contributed by atoms with Crippen molar-refractivity contribution in [2.75, 3.05) is 13.1 Å². The molecule has 29 heavy (non-hydrogen) atoms. The maximum Gasteiger partial charge on any atom is 0.254 e. The first-order chi connectivity index (χ1) is 14.0. The summed E-state index contributed by atoms with van der Waals surface area (Å²) < 4.78 is 31.9. The highest BCUT2D eigenvalue weighted by atomic mass is 19.2. The molecule has 0 saturated carbocycles. The van der Waals surface area contributed by atoms with Gasteiger partial charge < -0.3 is 14.4 Å². The van der Waals surface area contributed by atoms with Crippen molar-refractivity contribution in [3.63, 3.8) is 0 Å². The van der Waals surface area contributed by atoms with Crippen molar-refractivity contribution in [3.05, 3.63) is 77.8 Å². The lowest BCUT2D eigenvalue weighted by Crippen LogP contribution is -2.47. The minimum atomic E-state index is -1.06. The van der Waals surface area contributed by atoms with E-state index < -0.39 is 17.2 Å². The molecule has 4 rings (SSSR count). The number of aliphatic hydroxyl groups is 1. The lowest BCUT2D eigenvalue weighted by molar-refractivity contribution is -0.0162. The molecule has 1 N–H and O–H groups in total. The van der Waals surface area contributed by atoms with E-state index in [0.29, 0.717) is 48.4 Å². The van der Waals surface area contributed by atoms with E-state index in [0.717, 1.165) is 12.1 Å². The van der Waals surface area contributed by atoms with Crippen LogP contribution in [0.2, 0.25) is 0 Å². The quantitative estimate of drug-likeness (QED) is 0.725. The number of halogens is 2. The van der Waals surface area contributed by atoms with Gasteiger partial charge in [-0.25, -0.2) is 13.8 Å². The number of carbonyl (C=O) groups is 1. The molecule has 0 unspecified atom stereocenters. The van der Waals surface area contributed by atoms with Gasteiger partial charge in [0.05, 0.1) is 17.4 Å². The largest absolute Gasteiger partial charge is 0.443 e. The molecule has 0 radical (unpaired) electrons. The number of amides is 1. The first-order valence-corrected chi connectivity index (χ1v) is 9.39. The smallest absolute Gasteiger partial charge is 0.254 e. The topological polar surface area (TPSA) is 66.6 Å². The number of aromatic nitrogens is 1. The van der Waals surface area contributed by atoms with E-state index in [1.807, 2.05) is 6.07 Å². The van der Waals surface area contributed by atoms with Gasteiger partial charge in [-0.3, -0.25) is 4.79 Å². The average molecular weight is 398 g/mol. The van der Waals surface area contributed by atoms with Crippen LogP contribution in [0.4, 0.5) is 8.78 Å². The zero-order chi connectivity index (χ0) is 20.4. The zero-order valence-corrected chi connectivity index (χ0v) is 15.6. The van der Waals surface area contributed by atoms with Crippen molar-refractivity contribution < 1.29 is 23.1 Å². The number of nitrogens with zero attached hydrogens (tertiary/aromatic N) is 2. The molecule has 1 aromatic heterocycles. The number of rotatable bonds is 4. The molecule has 5 nitrogen and oxygen atoms in total. The Balaban J connectivity index is 1.46. The van der Waals surface area contributed by atoms with Crippen LogP contribution in [-0.2, 0) is 6.42 Å². The van der Waals surface area contributed by atoms with E-state index in [1.54, 1.807) is 29.3 Å². The van der Waals surface area contributed by atoms with E-state index in [1.165, 1.54) is 12.5 Å². The molecule has 0 aliphatic carbocycles. The second-order valence-electron chi connectivity index (χ2n) is 7.35. The summed E-state index contributed by atoms with van der Waals surface area (Å²) in [6.07, 6.45) is 3.78. The van der Waals surface area contributed by atoms with Crippen LogP contribution in [0.5, 0.6) is 0 Å². The number of hydrogen-bond acceptors (Lipinski definition) is 4. The maximum atomic E-state index is 13.4. The summed E-state index contributed by atoms with van der Waals surface area (Å²) in [6.45, 7) is 0.730. The minimum absolute atomic E-state index is 0.146. The molecular formula is C22H20F2N2O3. The highest BCUT2D eigenvalue weighted by Gasteiger charge is 2.35. The van der Waals surface area contributed by atoms with Crippen molar-refractivity contribution >= 4 is 5.91 Å². The van der Waals surface area contributed by atoms with Gasteiger partial charge >= 0.3 is 0 Å². The van der Waals surface area contributed by atoms with Gasteiger partial charge in [-0.1, -0.05) is 24.3 Å². The van der Waals surface area contributed by atoms with Gasteiger partial charge in [-0.05, 0) is 36.6 Å². The van der Waals surface area contributed by atoms with Crippen LogP contribution in [0.25, 0.3) is 11.3 Å². The number of likely N-dealkylation sites (tertiary alicyclic amines) is 1. The first-order valence-electron chi connectivity index (χ1n) is 9.39. The number of benzene rings is 2. The number of piperidine rings is 1. The molecule has 0 atom stereocenters. The van der Waals surface area contributed by atoms with E-state index >= 15 is 0 Å². The van der Waals surface area contributed by atoms with Gasteiger partial charge in [-0.15, -0.1) is 0 Å². The van der Waals surface area contributed by atoms with Crippen LogP contribution in [0, 0.1) is 11.6 Å². The predicted molar refractivity (Wildman–Crippen MR) is 102 cm³/mol. The lowest BCUT2D eigenvalue weighted by atomic mass is 9.85. The molecule has 150 valence electrons. The highest BCUT2D eigenvalue weighted by Crippen LogP contribution is 2.30. The first kappa shape index (κ1) is 19.3. The average Bonchev–Trinajstić information content (AvgIpc) is 3.25. The molecule has 0 bridgehead atoms. The van der Waals surface area contributed by atoms with Crippen LogP contribution in [-0.4, -0.2) is 39.6 Å². The lowest BCUT2D eigenvalue weighted by Gasteiger charge is -2.38. The summed E-state index contributed by atoms with van der Waals surface area (Å²) in [5.41, 5.74) is 0.639. The standard InChI is InChI=1S/C22H20F2N2O3/c23-18-6-5-15(11-19(18)24)12-22(28)7-9-26(10-8-22)21(27)17-4-2-1-3-16(17)20-13-25-14-29-20/h1-6,11,13-14,28H,7-10,12H2. The van der Waals surface area contributed by atoms with Crippen molar-refractivity contribution in [1.82, 2.24) is 9.88 Å². The normalized spacial score (nSPS) is 16.0. The predicted octanol–water partition coefficient (Wildman–Crippen LogP) is 3.83. The molecule has 7 heteroatoms. The monoisotopic (exact) mass is 398 g/mol. The van der Waals surface area contributed by atoms with Crippen LogP contribution >= 0.6 is 0 Å². The Bertz CT molecular complexity index is 1010. The second-order valence-corrected chi connectivity index (χ2v) is 7.35. The summed E-state index contributed by atoms with van der Waals surface area (Å²) in [5.74, 6) is -1.47. The van der Waals surface area contributed by atoms with Crippen molar-refractivity contribution in [2.45, 2.75) is 24.9 Å². The van der Waals surface area contributed by atoms with Crippen LogP contribution in [0.1, 0.15) is 28.8 Å². The van der Waals surface area contributed by atoms with Crippen molar-refractivity contribution in [1.29, 1.82) is 0 Å². The van der Waals surface area contributed by atoms with Gasteiger partial charge in [0.15, 0.2) is 23.8 Å². The molecular weight excluding hydrogens is 378 g/mol. The molecule has 2 aromatic carbocycles. The Morgan fingerprint density at radius 3 is 2.59 bits per heavy atom. The third kappa shape index (κ3) is 4.05. The third-order valence-electron chi connectivity index (χ3n) is 5.35. The van der Waals surface area contributed by atoms with Gasteiger partial charge in [0.25, 0.3) is 5.91 Å². The number of carbonyl (C=O) groups excluding carboxylic acids is 1. The number of hydrogen-bond donors (Lipinski definition) is 1. The molecule has 1 aliphatic rings. The van der Waals surface area contributed by atoms with Crippen LogP contribution in [0.15, 0.2) is 59.5 Å². The van der Waals surface area contributed by atoms with E-state index in [4.69, 9.17) is 4.42 Å². The molecule has 1 amide bonds. The Hall–Kier alpha value is -3.06. The molecule has 3 aromatic rings. The summed E-state index contributed by atoms with van der Waals surface area (Å²) in [4.78, 5) is 18.7. The highest BCUT2D eigenvalue weighted by molar-refractivity contribution is 6.00. The van der Waals surface area contributed by atoms with Crippen molar-refractivity contribution in [3.8, 4) is 11.3 Å². The zero-order valence-electron chi connectivity index (χ0n) is 15.6. The summed E-state index contributed by atoms with van der Waals surface area (Å²) in [7, 11) is 0. The Labute approximate surface area is 166 Å². The Morgan fingerprint density at radius 1 is 1.14 bits per heavy atom. The van der Waals surface area contributed by atoms with Gasteiger partial charge in [0.1, 0.15) is 0 Å². The number of oxazole rings is 1. The summed E-state index contributed by atoms with van der Waals surface area (Å²) in [5, 5.41) is 10.9.